The van der Waals surface area contributed by atoms with Crippen LogP contribution in [0.25, 0.3) is 0 Å². The molecule has 0 spiro atoms. The van der Waals surface area contributed by atoms with E-state index in [1.165, 1.54) is 29.2 Å². The van der Waals surface area contributed by atoms with Crippen LogP contribution in [0.5, 0.6) is 0 Å². The summed E-state index contributed by atoms with van der Waals surface area (Å²) in [5.74, 6) is -1.04. The minimum absolute atomic E-state index is 0.197. The Kier molecular flexibility index (Phi) is 9.37. The van der Waals surface area contributed by atoms with E-state index in [1.54, 1.807) is 6.07 Å². The maximum absolute atomic E-state index is 14.5. The van der Waals surface area contributed by atoms with E-state index >= 15 is 0 Å². The fourth-order valence-electron chi connectivity index (χ4n) is 4.96. The van der Waals surface area contributed by atoms with E-state index in [0.717, 1.165) is 31.7 Å². The number of nitrogens with zero attached hydrogens (tertiary/aromatic N) is 1. The zero-order chi connectivity index (χ0) is 24.0. The fourth-order valence-corrected chi connectivity index (χ4v) is 7.92. The Morgan fingerprint density at radius 3 is 2.16 bits per heavy atom. The van der Waals surface area contributed by atoms with Crippen LogP contribution in [0.3, 0.4) is 0 Å². The van der Waals surface area contributed by atoms with Crippen LogP contribution in [-0.4, -0.2) is 51.1 Å². The van der Waals surface area contributed by atoms with E-state index in [-0.39, 0.29) is 18.2 Å². The van der Waals surface area contributed by atoms with Gasteiger partial charge in [0.05, 0.1) is 12.1 Å². The van der Waals surface area contributed by atoms with Crippen molar-refractivity contribution >= 4 is 14.2 Å². The van der Waals surface area contributed by atoms with Gasteiger partial charge in [0.25, 0.3) is 11.5 Å². The molecule has 0 bridgehead atoms. The molecule has 1 aliphatic heterocycles. The van der Waals surface area contributed by atoms with Crippen LogP contribution in [0, 0.1) is 0 Å². The number of carbonyl (C=O) groups excluding carboxylic acids is 1. The molecule has 1 fully saturated rings. The van der Waals surface area contributed by atoms with Gasteiger partial charge in [-0.15, -0.1) is 0 Å². The molecule has 1 aromatic rings. The standard InChI is InChI=1S/C24H38F3NO3Si/c1-6-21(31-32(7-2,8-3)9-4)20-17-13-14-18-28(20)22(29)23(30-5,24(25,26)27)19-15-11-10-12-16-19/h10-12,15-16,20-21H,6-9,13-14,17-18H2,1-5H3/t20?,21?,23-/m1/s1. The molecule has 1 amide bonds. The minimum Gasteiger partial charge on any atom is -0.412 e. The molecule has 1 aliphatic rings. The second-order valence-corrected chi connectivity index (χ2v) is 13.3. The first-order valence-corrected chi connectivity index (χ1v) is 14.4. The third kappa shape index (κ3) is 5.07. The smallest absolute Gasteiger partial charge is 0.412 e. The molecule has 1 aromatic carbocycles. The number of alkyl halides is 3. The largest absolute Gasteiger partial charge is 0.430 e. The molecule has 0 radical (unpaired) electrons. The van der Waals surface area contributed by atoms with E-state index in [2.05, 4.69) is 20.8 Å². The minimum atomic E-state index is -4.90. The van der Waals surface area contributed by atoms with Crippen LogP contribution in [-0.2, 0) is 19.6 Å². The molecule has 2 rings (SSSR count). The van der Waals surface area contributed by atoms with Gasteiger partial charge in [-0.3, -0.25) is 4.79 Å². The average molecular weight is 474 g/mol. The van der Waals surface area contributed by atoms with Gasteiger partial charge in [-0.1, -0.05) is 58.0 Å². The molecule has 0 aliphatic carbocycles. The lowest BCUT2D eigenvalue weighted by Gasteiger charge is -2.47. The molecule has 0 saturated carbocycles. The number of hydrogen-bond acceptors (Lipinski definition) is 3. The van der Waals surface area contributed by atoms with E-state index in [9.17, 15) is 18.0 Å². The van der Waals surface area contributed by atoms with E-state index in [4.69, 9.17) is 9.16 Å². The molecule has 1 heterocycles. The highest BCUT2D eigenvalue weighted by atomic mass is 28.4. The number of rotatable bonds is 10. The zero-order valence-electron chi connectivity index (χ0n) is 20.0. The predicted molar refractivity (Wildman–Crippen MR) is 123 cm³/mol. The Morgan fingerprint density at radius 1 is 1.09 bits per heavy atom. The van der Waals surface area contributed by atoms with Crippen molar-refractivity contribution in [3.8, 4) is 0 Å². The number of carbonyl (C=O) groups is 1. The van der Waals surface area contributed by atoms with Gasteiger partial charge in [0.15, 0.2) is 8.32 Å². The lowest BCUT2D eigenvalue weighted by Crippen LogP contribution is -2.62. The number of hydrogen-bond donors (Lipinski definition) is 0. The monoisotopic (exact) mass is 473 g/mol. The molecular formula is C24H38F3NO3Si. The predicted octanol–water partition coefficient (Wildman–Crippen LogP) is 6.27. The topological polar surface area (TPSA) is 38.8 Å². The molecule has 0 aromatic heterocycles. The number of ether oxygens (including phenoxy) is 1. The highest BCUT2D eigenvalue weighted by Gasteiger charge is 2.64. The number of amides is 1. The van der Waals surface area contributed by atoms with Crippen molar-refractivity contribution < 1.29 is 27.1 Å². The maximum Gasteiger partial charge on any atom is 0.430 e. The molecular weight excluding hydrogens is 435 g/mol. The number of halogens is 3. The van der Waals surface area contributed by atoms with E-state index in [1.807, 2.05) is 6.92 Å². The highest BCUT2D eigenvalue weighted by molar-refractivity contribution is 6.73. The lowest BCUT2D eigenvalue weighted by molar-refractivity contribution is -0.272. The molecule has 1 saturated heterocycles. The number of methoxy groups -OCH3 is 1. The SMILES string of the molecule is CCC(O[Si](CC)(CC)CC)C1CCCCN1C(=O)[C@](OC)(c1ccccc1)C(F)(F)F. The van der Waals surface area contributed by atoms with Crippen molar-refractivity contribution in [2.75, 3.05) is 13.7 Å². The summed E-state index contributed by atoms with van der Waals surface area (Å²) >= 11 is 0. The molecule has 32 heavy (non-hydrogen) atoms. The van der Waals surface area contributed by atoms with Crippen LogP contribution in [0.2, 0.25) is 18.1 Å². The summed E-state index contributed by atoms with van der Waals surface area (Å²) in [5, 5.41) is 0. The fraction of sp³-hybridized carbons (Fsp3) is 0.708. The Labute approximate surface area is 191 Å². The van der Waals surface area contributed by atoms with Crippen molar-refractivity contribution in [2.45, 2.75) is 95.4 Å². The zero-order valence-corrected chi connectivity index (χ0v) is 21.0. The lowest BCUT2D eigenvalue weighted by atomic mass is 9.87. The normalized spacial score (nSPS) is 20.6. The Hall–Kier alpha value is -1.38. The van der Waals surface area contributed by atoms with Gasteiger partial charge in [-0.2, -0.15) is 13.2 Å². The van der Waals surface area contributed by atoms with Crippen LogP contribution >= 0.6 is 0 Å². The average Bonchev–Trinajstić information content (AvgIpc) is 2.81. The van der Waals surface area contributed by atoms with Crippen LogP contribution in [0.15, 0.2) is 30.3 Å². The molecule has 4 nitrogen and oxygen atoms in total. The molecule has 8 heteroatoms. The number of piperidine rings is 1. The number of likely N-dealkylation sites (tertiary alicyclic amines) is 1. The van der Waals surface area contributed by atoms with Gasteiger partial charge in [0.1, 0.15) is 0 Å². The van der Waals surface area contributed by atoms with E-state index in [0.29, 0.717) is 19.3 Å². The summed E-state index contributed by atoms with van der Waals surface area (Å²) in [7, 11) is -1.03. The third-order valence-corrected chi connectivity index (χ3v) is 11.8. The first-order chi connectivity index (χ1) is 15.2. The second kappa shape index (κ2) is 11.2. The van der Waals surface area contributed by atoms with Crippen molar-refractivity contribution in [2.24, 2.45) is 0 Å². The third-order valence-electron chi connectivity index (χ3n) is 7.16. The molecule has 0 N–H and O–H groups in total. The number of benzene rings is 1. The highest BCUT2D eigenvalue weighted by Crippen LogP contribution is 2.45. The van der Waals surface area contributed by atoms with Gasteiger partial charge in [-0.05, 0) is 43.8 Å². The van der Waals surface area contributed by atoms with E-state index < -0.39 is 32.0 Å². The van der Waals surface area contributed by atoms with Crippen LogP contribution < -0.4 is 0 Å². The van der Waals surface area contributed by atoms with Gasteiger partial charge < -0.3 is 14.1 Å². The molecule has 182 valence electrons. The first kappa shape index (κ1) is 26.9. The summed E-state index contributed by atoms with van der Waals surface area (Å²) in [6.07, 6.45) is -2.35. The Balaban J connectivity index is 2.50. The van der Waals surface area contributed by atoms with Crippen molar-refractivity contribution in [3.63, 3.8) is 0 Å². The molecule has 2 unspecified atom stereocenters. The van der Waals surface area contributed by atoms with Crippen LogP contribution in [0.1, 0.15) is 58.9 Å². The van der Waals surface area contributed by atoms with Crippen LogP contribution in [0.4, 0.5) is 13.2 Å². The van der Waals surface area contributed by atoms with Gasteiger partial charge >= 0.3 is 6.18 Å². The summed E-state index contributed by atoms with van der Waals surface area (Å²) in [6, 6.07) is 9.70. The summed E-state index contributed by atoms with van der Waals surface area (Å²) in [4.78, 5) is 15.1. The Bertz CT molecular complexity index is 719. The second-order valence-electron chi connectivity index (χ2n) is 8.62. The van der Waals surface area contributed by atoms with Crippen molar-refractivity contribution in [1.82, 2.24) is 4.90 Å². The Morgan fingerprint density at radius 2 is 1.69 bits per heavy atom. The van der Waals surface area contributed by atoms with Gasteiger partial charge in [-0.25, -0.2) is 0 Å². The van der Waals surface area contributed by atoms with Gasteiger partial charge in [0, 0.05) is 19.2 Å². The van der Waals surface area contributed by atoms with Crippen molar-refractivity contribution in [1.29, 1.82) is 0 Å². The summed E-state index contributed by atoms with van der Waals surface area (Å²) in [5.41, 5.74) is -3.23. The molecule has 3 atom stereocenters. The summed E-state index contributed by atoms with van der Waals surface area (Å²) < 4.78 is 55.3. The van der Waals surface area contributed by atoms with Gasteiger partial charge in [0.2, 0.25) is 0 Å². The summed E-state index contributed by atoms with van der Waals surface area (Å²) in [6.45, 7) is 8.66. The maximum atomic E-state index is 14.5. The first-order valence-electron chi connectivity index (χ1n) is 11.8. The van der Waals surface area contributed by atoms with Crippen molar-refractivity contribution in [3.05, 3.63) is 35.9 Å². The quantitative estimate of drug-likeness (QED) is 0.376.